The Kier molecular flexibility index (Phi) is 3.59. The molecule has 1 aromatic rings. The molecule has 2 N–H and O–H groups in total. The Hall–Kier alpha value is -0.610. The van der Waals surface area contributed by atoms with Crippen LogP contribution in [0.25, 0.3) is 0 Å². The summed E-state index contributed by atoms with van der Waals surface area (Å²) in [6, 6.07) is 5.18. The normalized spacial score (nSPS) is 26.3. The van der Waals surface area contributed by atoms with Gasteiger partial charge in [-0.05, 0) is 54.4 Å². The lowest BCUT2D eigenvalue weighted by atomic mass is 10.0. The monoisotopic (exact) mass is 269 g/mol. The Morgan fingerprint density at radius 1 is 1.53 bits per heavy atom. The first-order chi connectivity index (χ1) is 7.24. The van der Waals surface area contributed by atoms with Crippen LogP contribution in [0.3, 0.4) is 0 Å². The number of aromatic nitrogens is 1. The molecule has 2 rings (SSSR count). The molecule has 0 radical (unpaired) electrons. The Labute approximate surface area is 98.8 Å². The minimum Gasteiger partial charge on any atom is -0.367 e. The van der Waals surface area contributed by atoms with Crippen molar-refractivity contribution < 1.29 is 0 Å². The zero-order valence-electron chi connectivity index (χ0n) is 8.83. The first kappa shape index (κ1) is 10.9. The highest BCUT2D eigenvalue weighted by atomic mass is 79.9. The van der Waals surface area contributed by atoms with Gasteiger partial charge < -0.3 is 10.6 Å². The molecule has 1 aromatic heterocycles. The van der Waals surface area contributed by atoms with Gasteiger partial charge in [0.2, 0.25) is 0 Å². The number of nitrogens with one attached hydrogen (secondary N) is 2. The van der Waals surface area contributed by atoms with Crippen molar-refractivity contribution in [2.24, 2.45) is 0 Å². The van der Waals surface area contributed by atoms with Crippen LogP contribution in [0.15, 0.2) is 22.8 Å². The third-order valence-electron chi connectivity index (χ3n) is 2.70. The van der Waals surface area contributed by atoms with Gasteiger partial charge in [0, 0.05) is 22.8 Å². The van der Waals surface area contributed by atoms with E-state index in [1.165, 1.54) is 6.42 Å². The van der Waals surface area contributed by atoms with Crippen molar-refractivity contribution in [3.63, 3.8) is 0 Å². The minimum atomic E-state index is 0.551. The molecule has 2 atom stereocenters. The highest BCUT2D eigenvalue weighted by molar-refractivity contribution is 9.10. The van der Waals surface area contributed by atoms with E-state index in [0.717, 1.165) is 23.3 Å². The van der Waals surface area contributed by atoms with E-state index in [1.807, 2.05) is 18.3 Å². The number of halogens is 1. The van der Waals surface area contributed by atoms with Crippen molar-refractivity contribution in [2.75, 3.05) is 11.9 Å². The summed E-state index contributed by atoms with van der Waals surface area (Å²) in [4.78, 5) is 4.32. The highest BCUT2D eigenvalue weighted by Crippen LogP contribution is 2.15. The molecule has 3 nitrogen and oxygen atoms in total. The van der Waals surface area contributed by atoms with Gasteiger partial charge in [0.1, 0.15) is 5.82 Å². The molecule has 1 aliphatic heterocycles. The molecule has 2 unspecified atom stereocenters. The van der Waals surface area contributed by atoms with Crippen LogP contribution in [0.5, 0.6) is 0 Å². The topological polar surface area (TPSA) is 37.0 Å². The second-order valence-electron chi connectivity index (χ2n) is 4.08. The predicted molar refractivity (Wildman–Crippen MR) is 66.0 cm³/mol. The van der Waals surface area contributed by atoms with Crippen molar-refractivity contribution in [2.45, 2.75) is 31.8 Å². The smallest absolute Gasteiger partial charge is 0.126 e. The van der Waals surface area contributed by atoms with E-state index in [1.54, 1.807) is 0 Å². The first-order valence-electron chi connectivity index (χ1n) is 5.35. The van der Waals surface area contributed by atoms with E-state index in [9.17, 15) is 0 Å². The van der Waals surface area contributed by atoms with Crippen molar-refractivity contribution in [1.82, 2.24) is 10.3 Å². The maximum atomic E-state index is 4.32. The lowest BCUT2D eigenvalue weighted by Gasteiger charge is -2.28. The molecule has 0 aromatic carbocycles. The largest absolute Gasteiger partial charge is 0.367 e. The third kappa shape index (κ3) is 3.18. The molecule has 1 saturated heterocycles. The number of rotatable bonds is 2. The summed E-state index contributed by atoms with van der Waals surface area (Å²) >= 11 is 3.38. The summed E-state index contributed by atoms with van der Waals surface area (Å²) in [7, 11) is 0. The van der Waals surface area contributed by atoms with Gasteiger partial charge in [0.15, 0.2) is 0 Å². The molecule has 0 bridgehead atoms. The molecule has 15 heavy (non-hydrogen) atoms. The van der Waals surface area contributed by atoms with Crippen LogP contribution in [0.4, 0.5) is 5.82 Å². The molecule has 2 heterocycles. The quantitative estimate of drug-likeness (QED) is 0.866. The maximum Gasteiger partial charge on any atom is 0.126 e. The highest BCUT2D eigenvalue weighted by Gasteiger charge is 2.17. The van der Waals surface area contributed by atoms with Crippen LogP contribution >= 0.6 is 15.9 Å². The Morgan fingerprint density at radius 2 is 2.40 bits per heavy atom. The molecule has 4 heteroatoms. The SMILES string of the molecule is CC1CC(Nc2ccc(Br)cn2)CCN1. The maximum absolute atomic E-state index is 4.32. The standard InChI is InChI=1S/C11H16BrN3/c1-8-6-10(4-5-13-8)15-11-3-2-9(12)7-14-11/h2-3,7-8,10,13H,4-6H2,1H3,(H,14,15). The molecule has 0 spiro atoms. The van der Waals surface area contributed by atoms with Crippen LogP contribution in [-0.2, 0) is 0 Å². The fraction of sp³-hybridized carbons (Fsp3) is 0.545. The number of hydrogen-bond acceptors (Lipinski definition) is 3. The summed E-state index contributed by atoms with van der Waals surface area (Å²) in [5.74, 6) is 0.970. The van der Waals surface area contributed by atoms with E-state index < -0.39 is 0 Å². The fourth-order valence-corrected chi connectivity index (χ4v) is 2.17. The summed E-state index contributed by atoms with van der Waals surface area (Å²) in [5.41, 5.74) is 0. The number of piperidine rings is 1. The third-order valence-corrected chi connectivity index (χ3v) is 3.17. The first-order valence-corrected chi connectivity index (χ1v) is 6.15. The van der Waals surface area contributed by atoms with Gasteiger partial charge in [-0.2, -0.15) is 0 Å². The van der Waals surface area contributed by atoms with E-state index in [4.69, 9.17) is 0 Å². The molecule has 0 saturated carbocycles. The second kappa shape index (κ2) is 4.94. The van der Waals surface area contributed by atoms with Crippen molar-refractivity contribution in [3.05, 3.63) is 22.8 Å². The van der Waals surface area contributed by atoms with Crippen molar-refractivity contribution in [1.29, 1.82) is 0 Å². The molecular weight excluding hydrogens is 254 g/mol. The average Bonchev–Trinajstić information content (AvgIpc) is 2.22. The van der Waals surface area contributed by atoms with Crippen molar-refractivity contribution in [3.8, 4) is 0 Å². The van der Waals surface area contributed by atoms with Gasteiger partial charge in [0.05, 0.1) is 0 Å². The summed E-state index contributed by atoms with van der Waals surface area (Å²) in [6.45, 7) is 3.32. The van der Waals surface area contributed by atoms with Gasteiger partial charge in [-0.1, -0.05) is 0 Å². The Bertz CT molecular complexity index is 312. The molecular formula is C11H16BrN3. The second-order valence-corrected chi connectivity index (χ2v) is 5.00. The molecule has 1 aliphatic rings. The van der Waals surface area contributed by atoms with Crippen LogP contribution in [-0.4, -0.2) is 23.6 Å². The van der Waals surface area contributed by atoms with Gasteiger partial charge in [-0.25, -0.2) is 4.98 Å². The lowest BCUT2D eigenvalue weighted by molar-refractivity contribution is 0.396. The van der Waals surface area contributed by atoms with Crippen LogP contribution in [0.2, 0.25) is 0 Å². The van der Waals surface area contributed by atoms with Crippen LogP contribution in [0, 0.1) is 0 Å². The van der Waals surface area contributed by atoms with Gasteiger partial charge in [-0.15, -0.1) is 0 Å². The van der Waals surface area contributed by atoms with Gasteiger partial charge in [0.25, 0.3) is 0 Å². The number of nitrogens with zero attached hydrogens (tertiary/aromatic N) is 1. The lowest BCUT2D eigenvalue weighted by Crippen LogP contribution is -2.41. The summed E-state index contributed by atoms with van der Waals surface area (Å²) in [5, 5.41) is 6.91. The minimum absolute atomic E-state index is 0.551. The van der Waals surface area contributed by atoms with E-state index in [0.29, 0.717) is 12.1 Å². The summed E-state index contributed by atoms with van der Waals surface area (Å²) < 4.78 is 1.02. The predicted octanol–water partition coefficient (Wildman–Crippen LogP) is 2.40. The van der Waals surface area contributed by atoms with E-state index in [2.05, 4.69) is 38.5 Å². The number of anilines is 1. The average molecular weight is 270 g/mol. The van der Waals surface area contributed by atoms with Gasteiger partial charge in [-0.3, -0.25) is 0 Å². The molecule has 0 amide bonds. The number of pyridine rings is 1. The van der Waals surface area contributed by atoms with Gasteiger partial charge >= 0.3 is 0 Å². The Balaban J connectivity index is 1.93. The fourth-order valence-electron chi connectivity index (χ4n) is 1.93. The Morgan fingerprint density at radius 3 is 3.07 bits per heavy atom. The number of hydrogen-bond donors (Lipinski definition) is 2. The molecule has 1 fully saturated rings. The van der Waals surface area contributed by atoms with Crippen molar-refractivity contribution >= 4 is 21.7 Å². The zero-order chi connectivity index (χ0) is 10.7. The molecule has 0 aliphatic carbocycles. The van der Waals surface area contributed by atoms with E-state index in [-0.39, 0.29) is 0 Å². The van der Waals surface area contributed by atoms with Crippen LogP contribution < -0.4 is 10.6 Å². The summed E-state index contributed by atoms with van der Waals surface area (Å²) in [6.07, 6.45) is 4.16. The van der Waals surface area contributed by atoms with E-state index >= 15 is 0 Å². The molecule has 82 valence electrons. The zero-order valence-corrected chi connectivity index (χ0v) is 10.4. The van der Waals surface area contributed by atoms with Crippen LogP contribution in [0.1, 0.15) is 19.8 Å².